The number of aromatic nitrogens is 1. The van der Waals surface area contributed by atoms with Crippen molar-refractivity contribution in [3.8, 4) is 5.75 Å². The molecule has 2 N–H and O–H groups in total. The average molecular weight is 269 g/mol. The Hall–Kier alpha value is -1.41. The second kappa shape index (κ2) is 4.22. The molecule has 0 radical (unpaired) electrons. The Balaban J connectivity index is 3.33. The molecule has 0 bridgehead atoms. The van der Waals surface area contributed by atoms with Crippen molar-refractivity contribution >= 4 is 25.8 Å². The average Bonchev–Trinajstić information content (AvgIpc) is 2.07. The summed E-state index contributed by atoms with van der Waals surface area (Å²) in [6, 6.07) is 0.669. The molecule has 0 saturated carbocycles. The van der Waals surface area contributed by atoms with E-state index in [0.29, 0.717) is 6.07 Å². The molecule has 9 heteroatoms. The number of primary amides is 1. The number of ether oxygens (including phenoxy) is 1. The smallest absolute Gasteiger partial charge is 0.408 e. The number of pyridine rings is 1. The van der Waals surface area contributed by atoms with Gasteiger partial charge in [0.1, 0.15) is 0 Å². The van der Waals surface area contributed by atoms with E-state index in [1.807, 2.05) is 0 Å². The molecule has 1 aromatic rings. The Bertz CT molecular complexity index is 546. The summed E-state index contributed by atoms with van der Waals surface area (Å²) < 4.78 is 39.4. The van der Waals surface area contributed by atoms with Crippen LogP contribution in [-0.4, -0.2) is 19.5 Å². The van der Waals surface area contributed by atoms with Crippen molar-refractivity contribution < 1.29 is 22.3 Å². The van der Waals surface area contributed by atoms with Crippen LogP contribution < -0.4 is 10.5 Å². The number of amides is 1. The topological polar surface area (TPSA) is 99.3 Å². The van der Waals surface area contributed by atoms with Crippen LogP contribution in [0.25, 0.3) is 0 Å². The van der Waals surface area contributed by atoms with E-state index >= 15 is 0 Å². The highest BCUT2D eigenvalue weighted by Crippen LogP contribution is 2.23. The maximum absolute atomic E-state index is 13.2. The predicted octanol–water partition coefficient (Wildman–Crippen LogP) is 0.914. The van der Waals surface area contributed by atoms with Crippen LogP contribution in [0.2, 0.25) is 0 Å². The van der Waals surface area contributed by atoms with Gasteiger partial charge in [-0.15, -0.1) is 0 Å². The van der Waals surface area contributed by atoms with E-state index in [4.69, 9.17) is 16.4 Å². The van der Waals surface area contributed by atoms with Gasteiger partial charge in [-0.05, 0) is 6.92 Å². The Morgan fingerprint density at radius 2 is 2.19 bits per heavy atom. The normalized spacial score (nSPS) is 11.2. The first-order valence-electron chi connectivity index (χ1n) is 3.81. The van der Waals surface area contributed by atoms with Gasteiger partial charge in [-0.2, -0.15) is 0 Å². The molecule has 1 heterocycles. The predicted molar refractivity (Wildman–Crippen MR) is 52.2 cm³/mol. The minimum Gasteiger partial charge on any atom is -0.408 e. The molecule has 0 fully saturated rings. The van der Waals surface area contributed by atoms with Crippen LogP contribution in [-0.2, 0) is 9.05 Å². The molecule has 16 heavy (non-hydrogen) atoms. The third-order valence-corrected chi connectivity index (χ3v) is 2.72. The number of hydrogen-bond donors (Lipinski definition) is 1. The molecule has 0 aliphatic heterocycles. The first-order chi connectivity index (χ1) is 7.21. The van der Waals surface area contributed by atoms with Crippen molar-refractivity contribution in [2.75, 3.05) is 0 Å². The first kappa shape index (κ1) is 12.7. The molecule has 0 aliphatic rings. The quantitative estimate of drug-likeness (QED) is 0.804. The van der Waals surface area contributed by atoms with Gasteiger partial charge in [0.25, 0.3) is 9.05 Å². The van der Waals surface area contributed by atoms with E-state index in [1.165, 1.54) is 6.92 Å². The highest BCUT2D eigenvalue weighted by Gasteiger charge is 2.21. The van der Waals surface area contributed by atoms with Crippen LogP contribution >= 0.6 is 10.7 Å². The number of hydrogen-bond acceptors (Lipinski definition) is 5. The number of carbonyl (C=O) groups excluding carboxylic acids is 1. The van der Waals surface area contributed by atoms with Crippen molar-refractivity contribution in [1.82, 2.24) is 4.98 Å². The van der Waals surface area contributed by atoms with E-state index in [0.717, 1.165) is 0 Å². The van der Waals surface area contributed by atoms with Crippen molar-refractivity contribution in [3.05, 3.63) is 17.6 Å². The molecule has 0 aliphatic carbocycles. The molecule has 0 saturated heterocycles. The summed E-state index contributed by atoms with van der Waals surface area (Å²) in [5, 5.41) is -0.927. The molecule has 0 atom stereocenters. The van der Waals surface area contributed by atoms with Crippen molar-refractivity contribution in [3.63, 3.8) is 0 Å². The fraction of sp³-hybridized carbons (Fsp3) is 0.143. The van der Waals surface area contributed by atoms with Gasteiger partial charge >= 0.3 is 6.09 Å². The van der Waals surface area contributed by atoms with E-state index in [-0.39, 0.29) is 11.4 Å². The number of rotatable bonds is 2. The lowest BCUT2D eigenvalue weighted by Gasteiger charge is -2.06. The fourth-order valence-corrected chi connectivity index (χ4v) is 1.79. The monoisotopic (exact) mass is 268 g/mol. The summed E-state index contributed by atoms with van der Waals surface area (Å²) in [7, 11) is 0.644. The molecule has 1 rings (SSSR count). The number of aryl methyl sites for hydroxylation is 1. The van der Waals surface area contributed by atoms with E-state index < -0.39 is 26.0 Å². The summed E-state index contributed by atoms with van der Waals surface area (Å²) in [4.78, 5) is 13.8. The largest absolute Gasteiger partial charge is 0.410 e. The zero-order chi connectivity index (χ0) is 12.5. The van der Waals surface area contributed by atoms with Gasteiger partial charge in [0.2, 0.25) is 5.03 Å². The molecule has 0 spiro atoms. The van der Waals surface area contributed by atoms with Gasteiger partial charge in [-0.1, -0.05) is 0 Å². The zero-order valence-corrected chi connectivity index (χ0v) is 9.47. The van der Waals surface area contributed by atoms with Crippen molar-refractivity contribution in [2.45, 2.75) is 11.9 Å². The maximum Gasteiger partial charge on any atom is 0.410 e. The number of halogens is 2. The summed E-state index contributed by atoms with van der Waals surface area (Å²) in [5.41, 5.74) is 4.68. The Kier molecular flexibility index (Phi) is 3.34. The van der Waals surface area contributed by atoms with Crippen molar-refractivity contribution in [2.24, 2.45) is 5.73 Å². The van der Waals surface area contributed by atoms with Gasteiger partial charge in [0.05, 0.1) is 5.69 Å². The number of nitrogens with zero attached hydrogens (tertiary/aromatic N) is 1. The summed E-state index contributed by atoms with van der Waals surface area (Å²) in [5.74, 6) is -1.49. The SMILES string of the molecule is Cc1nc(S(=O)(=O)Cl)c(F)cc1OC(N)=O. The highest BCUT2D eigenvalue weighted by atomic mass is 35.7. The van der Waals surface area contributed by atoms with Gasteiger partial charge in [0, 0.05) is 16.7 Å². The van der Waals surface area contributed by atoms with Crippen molar-refractivity contribution in [1.29, 1.82) is 0 Å². The standard InChI is InChI=1S/C7H6ClFN2O4S/c1-3-5(15-7(10)12)2-4(9)6(11-3)16(8,13)14/h2H,1H3,(H2,10,12). The Morgan fingerprint density at radius 1 is 1.62 bits per heavy atom. The Morgan fingerprint density at radius 3 is 2.62 bits per heavy atom. The summed E-state index contributed by atoms with van der Waals surface area (Å²) in [6.07, 6.45) is -1.16. The fourth-order valence-electron chi connectivity index (χ4n) is 0.925. The van der Waals surface area contributed by atoms with Gasteiger partial charge in [0.15, 0.2) is 11.6 Å². The Labute approximate surface area is 94.6 Å². The van der Waals surface area contributed by atoms with Crippen LogP contribution in [0.5, 0.6) is 5.75 Å². The zero-order valence-electron chi connectivity index (χ0n) is 7.90. The van der Waals surface area contributed by atoms with Crippen LogP contribution in [0.1, 0.15) is 5.69 Å². The lowest BCUT2D eigenvalue weighted by atomic mass is 10.3. The summed E-state index contributed by atoms with van der Waals surface area (Å²) >= 11 is 0. The van der Waals surface area contributed by atoms with Crippen LogP contribution in [0.4, 0.5) is 9.18 Å². The second-order valence-corrected chi connectivity index (χ2v) is 5.20. The molecular weight excluding hydrogens is 263 g/mol. The third-order valence-electron chi connectivity index (χ3n) is 1.53. The number of nitrogens with two attached hydrogens (primary N) is 1. The minimum absolute atomic E-state index is 0.0283. The lowest BCUT2D eigenvalue weighted by molar-refractivity contribution is 0.210. The van der Waals surface area contributed by atoms with Crippen LogP contribution in [0.3, 0.4) is 0 Å². The van der Waals surface area contributed by atoms with Crippen LogP contribution in [0, 0.1) is 12.7 Å². The maximum atomic E-state index is 13.2. The van der Waals surface area contributed by atoms with Crippen LogP contribution in [0.15, 0.2) is 11.1 Å². The first-order valence-corrected chi connectivity index (χ1v) is 6.12. The van der Waals surface area contributed by atoms with Gasteiger partial charge in [-0.3, -0.25) is 0 Å². The molecule has 6 nitrogen and oxygen atoms in total. The minimum atomic E-state index is -4.29. The highest BCUT2D eigenvalue weighted by molar-refractivity contribution is 8.13. The molecule has 0 unspecified atom stereocenters. The molecule has 88 valence electrons. The molecule has 1 amide bonds. The lowest BCUT2D eigenvalue weighted by Crippen LogP contribution is -2.17. The van der Waals surface area contributed by atoms with Gasteiger partial charge in [-0.25, -0.2) is 22.6 Å². The van der Waals surface area contributed by atoms with Gasteiger partial charge < -0.3 is 10.5 Å². The molecule has 0 aromatic carbocycles. The third kappa shape index (κ3) is 2.80. The van der Waals surface area contributed by atoms with E-state index in [2.05, 4.69) is 9.72 Å². The number of carbonyl (C=O) groups is 1. The van der Waals surface area contributed by atoms with E-state index in [9.17, 15) is 17.6 Å². The van der Waals surface area contributed by atoms with E-state index in [1.54, 1.807) is 0 Å². The molecule has 1 aromatic heterocycles. The molecular formula is C7H6ClFN2O4S. The summed E-state index contributed by atoms with van der Waals surface area (Å²) in [6.45, 7) is 1.31. The second-order valence-electron chi connectivity index (χ2n) is 2.72.